The molecule has 3 N–H and O–H groups in total. The highest BCUT2D eigenvalue weighted by Gasteiger charge is 2.41. The first-order chi connectivity index (χ1) is 20.9. The molecule has 2 heterocycles. The van der Waals surface area contributed by atoms with Crippen molar-refractivity contribution >= 4 is 55.9 Å². The fourth-order valence-corrected chi connectivity index (χ4v) is 8.04. The normalized spacial score (nSPS) is 15.4. The summed E-state index contributed by atoms with van der Waals surface area (Å²) in [6.07, 6.45) is 0.921. The van der Waals surface area contributed by atoms with Crippen LogP contribution in [-0.2, 0) is 28.0 Å². The molecule has 1 aliphatic heterocycles. The van der Waals surface area contributed by atoms with Crippen LogP contribution in [0.4, 0.5) is 0 Å². The van der Waals surface area contributed by atoms with Gasteiger partial charge in [0, 0.05) is 47.4 Å². The molecule has 44 heavy (non-hydrogen) atoms. The molecule has 1 fully saturated rings. The Balaban J connectivity index is 1.37. The van der Waals surface area contributed by atoms with E-state index < -0.39 is 16.1 Å². The largest absolute Gasteiger partial charge is 0.487 e. The maximum Gasteiger partial charge on any atom is 0.245 e. The zero-order valence-electron chi connectivity index (χ0n) is 24.6. The number of benzene rings is 3. The van der Waals surface area contributed by atoms with E-state index in [0.717, 1.165) is 22.2 Å². The van der Waals surface area contributed by atoms with Gasteiger partial charge in [-0.3, -0.25) is 10.2 Å². The molecule has 1 amide bonds. The highest BCUT2D eigenvalue weighted by Crippen LogP contribution is 2.37. The molecule has 9 nitrogen and oxygen atoms in total. The number of amides is 1. The van der Waals surface area contributed by atoms with Crippen LogP contribution in [0, 0.1) is 19.3 Å². The van der Waals surface area contributed by atoms with Gasteiger partial charge in [0.15, 0.2) is 0 Å². The number of aryl methyl sites for hydroxylation is 2. The second-order valence-corrected chi connectivity index (χ2v) is 13.6. The average Bonchev–Trinajstić information content (AvgIpc) is 3.48. The third kappa shape index (κ3) is 6.25. The van der Waals surface area contributed by atoms with Gasteiger partial charge in [0.2, 0.25) is 15.9 Å². The number of para-hydroxylation sites is 1. The summed E-state index contributed by atoms with van der Waals surface area (Å²) in [5.41, 5.74) is 9.87. The summed E-state index contributed by atoms with van der Waals surface area (Å²) in [5.74, 6) is 0.169. The second kappa shape index (κ2) is 12.7. The summed E-state index contributed by atoms with van der Waals surface area (Å²) in [5, 5.41) is 8.72. The van der Waals surface area contributed by atoms with E-state index in [9.17, 15) is 13.2 Å². The first-order valence-electron chi connectivity index (χ1n) is 14.0. The molecular weight excluding hydrogens is 621 g/mol. The Morgan fingerprint density at radius 1 is 1.14 bits per heavy atom. The van der Waals surface area contributed by atoms with Crippen LogP contribution < -0.4 is 10.5 Å². The molecule has 1 saturated heterocycles. The van der Waals surface area contributed by atoms with E-state index in [0.29, 0.717) is 35.2 Å². The number of aromatic nitrogens is 1. The van der Waals surface area contributed by atoms with Gasteiger partial charge in [0.05, 0.1) is 5.02 Å². The summed E-state index contributed by atoms with van der Waals surface area (Å²) in [7, 11) is -2.52. The highest BCUT2D eigenvalue weighted by atomic mass is 35.5. The quantitative estimate of drug-likeness (QED) is 0.173. The van der Waals surface area contributed by atoms with Gasteiger partial charge >= 0.3 is 0 Å². The Bertz CT molecular complexity index is 1870. The average molecular weight is 655 g/mol. The number of carbonyl (C=O) groups excluding carboxylic acids is 1. The third-order valence-electron chi connectivity index (χ3n) is 7.80. The van der Waals surface area contributed by atoms with Gasteiger partial charge < -0.3 is 15.4 Å². The van der Waals surface area contributed by atoms with Crippen molar-refractivity contribution in [2.45, 2.75) is 50.8 Å². The third-order valence-corrected chi connectivity index (χ3v) is 10.6. The van der Waals surface area contributed by atoms with Crippen molar-refractivity contribution in [3.8, 4) is 5.75 Å². The number of amidine groups is 1. The van der Waals surface area contributed by atoms with Crippen LogP contribution in [0.5, 0.6) is 5.75 Å². The van der Waals surface area contributed by atoms with Crippen LogP contribution in [0.3, 0.4) is 0 Å². The molecule has 1 aliphatic rings. The zero-order valence-corrected chi connectivity index (χ0v) is 26.9. The van der Waals surface area contributed by atoms with E-state index in [4.69, 9.17) is 39.1 Å². The van der Waals surface area contributed by atoms with Crippen molar-refractivity contribution in [2.24, 2.45) is 5.73 Å². The lowest BCUT2D eigenvalue weighted by molar-refractivity contribution is -0.133. The van der Waals surface area contributed by atoms with E-state index in [1.165, 1.54) is 21.3 Å². The SMILES string of the molecule is Cc1cc(C)c2cccc(OCc3c(Cl)ccc(S(=O)(=O)N4CCC[C@H]4C(=O)N(C)Cc4ccc(C(=N)N)cc4)c3Cl)c2n1. The molecule has 0 aliphatic carbocycles. The molecule has 1 aromatic heterocycles. The van der Waals surface area contributed by atoms with Crippen molar-refractivity contribution in [2.75, 3.05) is 13.6 Å². The highest BCUT2D eigenvalue weighted by molar-refractivity contribution is 7.89. The first kappa shape index (κ1) is 31.7. The molecule has 4 aromatic rings. The van der Waals surface area contributed by atoms with Crippen molar-refractivity contribution in [3.05, 3.63) is 98.7 Å². The number of pyridine rings is 1. The number of fused-ring (bicyclic) bond motifs is 1. The smallest absolute Gasteiger partial charge is 0.245 e. The van der Waals surface area contributed by atoms with Crippen LogP contribution in [0.15, 0.2) is 65.6 Å². The monoisotopic (exact) mass is 653 g/mol. The Morgan fingerprint density at radius 3 is 2.57 bits per heavy atom. The number of hydrogen-bond acceptors (Lipinski definition) is 6. The van der Waals surface area contributed by atoms with Gasteiger partial charge in [-0.15, -0.1) is 0 Å². The summed E-state index contributed by atoms with van der Waals surface area (Å²) in [4.78, 5) is 19.5. The van der Waals surface area contributed by atoms with Crippen LogP contribution >= 0.6 is 23.2 Å². The van der Waals surface area contributed by atoms with E-state index in [2.05, 4.69) is 4.98 Å². The molecular formula is C32H33Cl2N5O4S. The Kier molecular flexibility index (Phi) is 9.17. The fourth-order valence-electron chi connectivity index (χ4n) is 5.53. The molecule has 0 unspecified atom stereocenters. The van der Waals surface area contributed by atoms with E-state index in [1.807, 2.05) is 32.0 Å². The maximum atomic E-state index is 14.0. The number of ether oxygens (including phenoxy) is 1. The minimum atomic E-state index is -4.16. The molecule has 0 bridgehead atoms. The number of nitrogens with one attached hydrogen (secondary N) is 1. The standard InChI is InChI=1S/C32H33Cl2N5O4S/c1-19-16-20(2)37-30-23(19)6-4-8-27(30)43-18-24-25(33)13-14-28(29(24)34)44(41,42)39-15-5-7-26(39)32(40)38(3)17-21-9-11-22(12-10-21)31(35)36/h4,6,8-14,16,26H,5,7,15,17-18H2,1-3H3,(H3,35,36)/t26-/m0/s1. The summed E-state index contributed by atoms with van der Waals surface area (Å²) in [6.45, 7) is 4.29. The van der Waals surface area contributed by atoms with Gasteiger partial charge in [0.25, 0.3) is 0 Å². The lowest BCUT2D eigenvalue weighted by atomic mass is 10.1. The maximum absolute atomic E-state index is 14.0. The summed E-state index contributed by atoms with van der Waals surface area (Å²) >= 11 is 13.2. The van der Waals surface area contributed by atoms with Crippen LogP contribution in [0.25, 0.3) is 10.9 Å². The van der Waals surface area contributed by atoms with E-state index in [-0.39, 0.29) is 46.4 Å². The zero-order chi connectivity index (χ0) is 31.8. The van der Waals surface area contributed by atoms with Gasteiger partial charge in [0.1, 0.15) is 34.6 Å². The molecule has 230 valence electrons. The van der Waals surface area contributed by atoms with E-state index in [1.54, 1.807) is 37.4 Å². The van der Waals surface area contributed by atoms with E-state index >= 15 is 0 Å². The number of likely N-dealkylation sites (N-methyl/N-ethyl adjacent to an activating group) is 1. The fraction of sp³-hybridized carbons (Fsp3) is 0.281. The van der Waals surface area contributed by atoms with Crippen molar-refractivity contribution in [3.63, 3.8) is 0 Å². The molecule has 5 rings (SSSR count). The number of sulfonamides is 1. The predicted molar refractivity (Wildman–Crippen MR) is 173 cm³/mol. The van der Waals surface area contributed by atoms with Gasteiger partial charge in [-0.2, -0.15) is 4.31 Å². The predicted octanol–water partition coefficient (Wildman–Crippen LogP) is 5.83. The Hall–Kier alpha value is -3.70. The van der Waals surface area contributed by atoms with Gasteiger partial charge in [-0.1, -0.05) is 59.6 Å². The Labute approximate surface area is 267 Å². The van der Waals surface area contributed by atoms with Gasteiger partial charge in [-0.05, 0) is 62.1 Å². The summed E-state index contributed by atoms with van der Waals surface area (Å²) in [6, 6.07) is 16.6. The minimum Gasteiger partial charge on any atom is -0.487 e. The molecule has 12 heteroatoms. The van der Waals surface area contributed by atoms with Crippen molar-refractivity contribution in [1.29, 1.82) is 5.41 Å². The lowest BCUT2D eigenvalue weighted by Gasteiger charge is -2.28. The molecule has 0 radical (unpaired) electrons. The molecule has 0 saturated carbocycles. The van der Waals surface area contributed by atoms with Gasteiger partial charge in [-0.25, -0.2) is 13.4 Å². The number of halogens is 2. The number of nitrogens with zero attached hydrogens (tertiary/aromatic N) is 3. The van der Waals surface area contributed by atoms with Crippen molar-refractivity contribution in [1.82, 2.24) is 14.2 Å². The number of carbonyl (C=O) groups is 1. The van der Waals surface area contributed by atoms with Crippen molar-refractivity contribution < 1.29 is 17.9 Å². The molecule has 1 atom stereocenters. The van der Waals surface area contributed by atoms with Crippen LogP contribution in [0.2, 0.25) is 10.0 Å². The second-order valence-electron chi connectivity index (χ2n) is 10.9. The summed E-state index contributed by atoms with van der Waals surface area (Å²) < 4.78 is 35.3. The topological polar surface area (TPSA) is 130 Å². The number of nitrogens with two attached hydrogens (primary N) is 1. The van der Waals surface area contributed by atoms with Crippen LogP contribution in [0.1, 0.15) is 40.8 Å². The first-order valence-corrected chi connectivity index (χ1v) is 16.2. The Morgan fingerprint density at radius 2 is 1.86 bits per heavy atom. The number of hydrogen-bond donors (Lipinski definition) is 2. The van der Waals surface area contributed by atoms with Crippen LogP contribution in [-0.4, -0.2) is 54.0 Å². The minimum absolute atomic E-state index is 0.0425. The number of rotatable bonds is 9. The number of nitrogen functional groups attached to an aromatic ring is 1. The molecule has 3 aromatic carbocycles. The molecule has 0 spiro atoms. The lowest BCUT2D eigenvalue weighted by Crippen LogP contribution is -2.46.